The minimum absolute atomic E-state index is 1.63. The number of hydrogen-bond donors (Lipinski definition) is 0. The van der Waals surface area contributed by atoms with E-state index in [0.29, 0.717) is 0 Å². The number of rotatable bonds is 0. The van der Waals surface area contributed by atoms with Gasteiger partial charge in [-0.1, -0.05) is 0 Å². The number of terminal acetylenes is 2. The molecule has 0 unspecified atom stereocenters. The number of hydrogen-bond acceptors (Lipinski definition) is 0. The van der Waals surface area contributed by atoms with Gasteiger partial charge in [0.15, 0.2) is 0 Å². The van der Waals surface area contributed by atoms with Crippen molar-refractivity contribution in [3.05, 3.63) is 0 Å². The van der Waals surface area contributed by atoms with Gasteiger partial charge in [-0.15, -0.1) is 35.0 Å². The lowest BCUT2D eigenvalue weighted by atomic mass is 11.4. The highest BCUT2D eigenvalue weighted by atomic mass is 35.6. The second kappa shape index (κ2) is 2.84. The van der Waals surface area contributed by atoms with Crippen molar-refractivity contribution in [3.63, 3.8) is 0 Å². The first-order chi connectivity index (χ1) is 2.81. The predicted molar refractivity (Wildman–Crippen MR) is 30.7 cm³/mol. The van der Waals surface area contributed by atoms with Gasteiger partial charge >= 0.3 is 0 Å². The van der Waals surface area contributed by atoms with Crippen LogP contribution >= 0.6 is 11.1 Å². The normalized spacial score (nSPS) is 6.67. The molecule has 0 spiro atoms. The Morgan fingerprint density at radius 3 is 1.67 bits per heavy atom. The Bertz CT molecular complexity index is 91.7. The zero-order valence-corrected chi connectivity index (χ0v) is 5.02. The molecule has 0 aliphatic heterocycles. The third kappa shape index (κ3) is 1.90. The maximum atomic E-state index is 5.32. The van der Waals surface area contributed by atoms with Crippen LogP contribution in [0.2, 0.25) is 0 Å². The van der Waals surface area contributed by atoms with Crippen LogP contribution in [0, 0.1) is 23.9 Å². The van der Waals surface area contributed by atoms with E-state index >= 15 is 0 Å². The van der Waals surface area contributed by atoms with Gasteiger partial charge in [0.05, 0.1) is 0 Å². The summed E-state index contributed by atoms with van der Waals surface area (Å²) < 4.78 is 0. The molecule has 0 amide bonds. The molecule has 0 atom stereocenters. The molecule has 30 valence electrons. The lowest BCUT2D eigenvalue weighted by Crippen LogP contribution is -1.91. The van der Waals surface area contributed by atoms with Crippen molar-refractivity contribution >= 4 is 19.2 Å². The van der Waals surface area contributed by atoms with E-state index in [-0.39, 0.29) is 0 Å². The van der Waals surface area contributed by atoms with Gasteiger partial charge in [-0.25, -0.2) is 0 Å². The van der Waals surface area contributed by atoms with E-state index in [4.69, 9.17) is 23.9 Å². The van der Waals surface area contributed by atoms with E-state index in [0.717, 1.165) is 0 Å². The first-order valence-corrected chi connectivity index (χ1v) is 4.27. The minimum atomic E-state index is -1.63. The van der Waals surface area contributed by atoms with Crippen LogP contribution in [0.3, 0.4) is 0 Å². The number of halogens is 1. The smallest absolute Gasteiger partial charge is 0.138 e. The molecule has 0 saturated carbocycles. The summed E-state index contributed by atoms with van der Waals surface area (Å²) >= 11 is 5.32. The summed E-state index contributed by atoms with van der Waals surface area (Å²) in [6.45, 7) is 0. The second-order valence-corrected chi connectivity index (χ2v) is 3.40. The molecular formula is C4H3ClSi. The van der Waals surface area contributed by atoms with Crippen LogP contribution in [-0.2, 0) is 0 Å². The van der Waals surface area contributed by atoms with Crippen molar-refractivity contribution in [1.82, 2.24) is 0 Å². The molecule has 0 N–H and O–H groups in total. The molecule has 0 aromatic carbocycles. The minimum Gasteiger partial charge on any atom is -0.138 e. The van der Waals surface area contributed by atoms with Crippen molar-refractivity contribution in [2.45, 2.75) is 0 Å². The molecule has 2 heteroatoms. The van der Waals surface area contributed by atoms with E-state index in [1.54, 1.807) is 0 Å². The van der Waals surface area contributed by atoms with Crippen molar-refractivity contribution in [3.8, 4) is 23.9 Å². The first kappa shape index (κ1) is 5.63. The third-order valence-electron chi connectivity index (χ3n) is 0.293. The quantitative estimate of drug-likeness (QED) is 0.241. The average Bonchev–Trinajstić information content (AvgIpc) is 1.65. The molecule has 0 bridgehead atoms. The van der Waals surface area contributed by atoms with Gasteiger partial charge in [0.25, 0.3) is 8.11 Å². The Balaban J connectivity index is 3.40. The van der Waals surface area contributed by atoms with Gasteiger partial charge in [0, 0.05) is 0 Å². The monoisotopic (exact) mass is 114 g/mol. The van der Waals surface area contributed by atoms with Crippen LogP contribution < -0.4 is 0 Å². The first-order valence-electron chi connectivity index (χ1n) is 1.37. The molecule has 0 nitrogen and oxygen atoms in total. The van der Waals surface area contributed by atoms with Crippen molar-refractivity contribution in [1.29, 1.82) is 0 Å². The van der Waals surface area contributed by atoms with Gasteiger partial charge in [-0.2, -0.15) is 0 Å². The Morgan fingerprint density at radius 2 is 1.67 bits per heavy atom. The largest absolute Gasteiger partial charge is 0.292 e. The SMILES string of the molecule is C#C[SiH](Cl)C#C. The molecule has 0 heterocycles. The summed E-state index contributed by atoms with van der Waals surface area (Å²) in [5.74, 6) is 0. The standard InChI is InChI=1S/C4H3ClSi/c1-3-6(5)4-2/h1-2,6H. The molecule has 0 aromatic rings. The fourth-order valence-corrected chi connectivity index (χ4v) is 0.144. The highest BCUT2D eigenvalue weighted by Crippen LogP contribution is 1.79. The van der Waals surface area contributed by atoms with Crippen LogP contribution in [-0.4, -0.2) is 8.11 Å². The van der Waals surface area contributed by atoms with E-state index in [9.17, 15) is 0 Å². The molecule has 0 aliphatic carbocycles. The van der Waals surface area contributed by atoms with Gasteiger partial charge in [0.2, 0.25) is 0 Å². The molecule has 0 aliphatic rings. The summed E-state index contributed by atoms with van der Waals surface area (Å²) in [7, 11) is -1.63. The van der Waals surface area contributed by atoms with Crippen LogP contribution in [0.1, 0.15) is 0 Å². The lowest BCUT2D eigenvalue weighted by molar-refractivity contribution is 2.81. The van der Waals surface area contributed by atoms with Crippen molar-refractivity contribution in [2.75, 3.05) is 0 Å². The molecule has 0 radical (unpaired) electrons. The summed E-state index contributed by atoms with van der Waals surface area (Å²) in [5, 5.41) is 0. The van der Waals surface area contributed by atoms with E-state index < -0.39 is 8.11 Å². The van der Waals surface area contributed by atoms with Crippen LogP contribution in [0.5, 0.6) is 0 Å². The second-order valence-electron chi connectivity index (χ2n) is 0.696. The Kier molecular flexibility index (Phi) is 2.67. The summed E-state index contributed by atoms with van der Waals surface area (Å²) in [5.41, 5.74) is 4.57. The third-order valence-corrected chi connectivity index (χ3v) is 1.63. The van der Waals surface area contributed by atoms with E-state index in [1.807, 2.05) is 0 Å². The van der Waals surface area contributed by atoms with Crippen molar-refractivity contribution in [2.24, 2.45) is 0 Å². The molecular weight excluding hydrogens is 112 g/mol. The molecule has 0 aromatic heterocycles. The molecule has 0 saturated heterocycles. The fraction of sp³-hybridized carbons (Fsp3) is 0. The van der Waals surface area contributed by atoms with Crippen molar-refractivity contribution < 1.29 is 0 Å². The van der Waals surface area contributed by atoms with Gasteiger partial charge < -0.3 is 0 Å². The highest BCUT2D eigenvalue weighted by molar-refractivity contribution is 7.16. The predicted octanol–water partition coefficient (Wildman–Crippen LogP) is 0.294. The summed E-state index contributed by atoms with van der Waals surface area (Å²) in [6.07, 6.45) is 9.64. The Hall–Kier alpha value is -0.373. The van der Waals surface area contributed by atoms with E-state index in [2.05, 4.69) is 11.1 Å². The van der Waals surface area contributed by atoms with Gasteiger partial charge in [-0.05, 0) is 0 Å². The summed E-state index contributed by atoms with van der Waals surface area (Å²) in [6, 6.07) is 0. The van der Waals surface area contributed by atoms with E-state index in [1.165, 1.54) is 0 Å². The average molecular weight is 115 g/mol. The molecule has 6 heavy (non-hydrogen) atoms. The molecule has 0 rings (SSSR count). The van der Waals surface area contributed by atoms with Gasteiger partial charge in [0.1, 0.15) is 0 Å². The zero-order chi connectivity index (χ0) is 4.99. The maximum Gasteiger partial charge on any atom is 0.292 e. The lowest BCUT2D eigenvalue weighted by Gasteiger charge is -1.74. The van der Waals surface area contributed by atoms with Gasteiger partial charge in [-0.3, -0.25) is 0 Å². The fourth-order valence-electron chi connectivity index (χ4n) is 0.0481. The highest BCUT2D eigenvalue weighted by Gasteiger charge is 1.89. The maximum absolute atomic E-state index is 5.32. The van der Waals surface area contributed by atoms with Crippen LogP contribution in [0.25, 0.3) is 0 Å². The molecule has 0 fully saturated rings. The zero-order valence-electron chi connectivity index (χ0n) is 3.11. The Labute approximate surface area is 43.8 Å². The van der Waals surface area contributed by atoms with Crippen LogP contribution in [0.4, 0.5) is 0 Å². The summed E-state index contributed by atoms with van der Waals surface area (Å²) in [4.78, 5) is 0. The van der Waals surface area contributed by atoms with Crippen LogP contribution in [0.15, 0.2) is 0 Å². The topological polar surface area (TPSA) is 0 Å². The Morgan fingerprint density at radius 1 is 1.33 bits per heavy atom.